The maximum absolute atomic E-state index is 12.3. The summed E-state index contributed by atoms with van der Waals surface area (Å²) in [5.41, 5.74) is -0.240. The van der Waals surface area contributed by atoms with Gasteiger partial charge in [0.15, 0.2) is 0 Å². The summed E-state index contributed by atoms with van der Waals surface area (Å²) in [7, 11) is 0. The Morgan fingerprint density at radius 1 is 1.28 bits per heavy atom. The van der Waals surface area contributed by atoms with Gasteiger partial charge in [-0.25, -0.2) is 0 Å². The molecule has 18 heavy (non-hydrogen) atoms. The Balaban J connectivity index is 2.14. The first kappa shape index (κ1) is 13.9. The van der Waals surface area contributed by atoms with E-state index >= 15 is 0 Å². The first-order chi connectivity index (χ1) is 8.13. The zero-order valence-electron chi connectivity index (χ0n) is 12.8. The van der Waals surface area contributed by atoms with Gasteiger partial charge in [-0.1, -0.05) is 20.8 Å². The van der Waals surface area contributed by atoms with E-state index in [1.54, 1.807) is 0 Å². The van der Waals surface area contributed by atoms with E-state index in [1.807, 2.05) is 20.8 Å². The number of fused-ring (bicyclic) bond motifs is 2. The zero-order valence-corrected chi connectivity index (χ0v) is 12.8. The molecule has 2 fully saturated rings. The number of esters is 1. The molecule has 3 atom stereocenters. The molecule has 0 amide bonds. The van der Waals surface area contributed by atoms with Crippen molar-refractivity contribution in [3.63, 3.8) is 0 Å². The third-order valence-corrected chi connectivity index (χ3v) is 5.91. The fraction of sp³-hybridized carbons (Fsp3) is 0.938. The van der Waals surface area contributed by atoms with E-state index in [0.29, 0.717) is 11.3 Å². The molecule has 0 aromatic carbocycles. The Hall–Kier alpha value is -0.530. The van der Waals surface area contributed by atoms with Crippen LogP contribution in [0.5, 0.6) is 0 Å². The Bertz CT molecular complexity index is 356. The first-order valence-corrected chi connectivity index (χ1v) is 7.37. The summed E-state index contributed by atoms with van der Waals surface area (Å²) >= 11 is 0. The molecule has 2 rings (SSSR count). The molecule has 3 unspecified atom stereocenters. The van der Waals surface area contributed by atoms with Gasteiger partial charge in [0.25, 0.3) is 0 Å². The zero-order chi connectivity index (χ0) is 13.8. The normalized spacial score (nSPS) is 37.9. The van der Waals surface area contributed by atoms with Crippen LogP contribution in [0.15, 0.2) is 0 Å². The number of rotatable bonds is 3. The molecule has 0 aliphatic heterocycles. The van der Waals surface area contributed by atoms with E-state index < -0.39 is 0 Å². The molecule has 0 aromatic rings. The number of ether oxygens (including phenoxy) is 1. The van der Waals surface area contributed by atoms with Crippen LogP contribution in [-0.4, -0.2) is 11.6 Å². The predicted molar refractivity (Wildman–Crippen MR) is 73.2 cm³/mol. The van der Waals surface area contributed by atoms with Crippen molar-refractivity contribution in [2.45, 2.75) is 72.8 Å². The van der Waals surface area contributed by atoms with E-state index in [9.17, 15) is 4.79 Å². The summed E-state index contributed by atoms with van der Waals surface area (Å²) in [4.78, 5) is 12.3. The lowest BCUT2D eigenvalue weighted by molar-refractivity contribution is -0.175. The van der Waals surface area contributed by atoms with Gasteiger partial charge in [0, 0.05) is 5.92 Å². The Morgan fingerprint density at radius 3 is 2.28 bits per heavy atom. The highest BCUT2D eigenvalue weighted by Crippen LogP contribution is 2.63. The maximum atomic E-state index is 12.3. The summed E-state index contributed by atoms with van der Waals surface area (Å²) in [6, 6.07) is 0. The van der Waals surface area contributed by atoms with Crippen molar-refractivity contribution >= 4 is 5.97 Å². The highest BCUT2D eigenvalue weighted by molar-refractivity contribution is 5.76. The lowest BCUT2D eigenvalue weighted by Crippen LogP contribution is -2.42. The van der Waals surface area contributed by atoms with Crippen LogP contribution < -0.4 is 0 Å². The van der Waals surface area contributed by atoms with E-state index in [1.165, 1.54) is 12.8 Å². The van der Waals surface area contributed by atoms with Crippen LogP contribution in [0.25, 0.3) is 0 Å². The molecule has 0 spiro atoms. The molecule has 2 aliphatic carbocycles. The Morgan fingerprint density at radius 2 is 1.89 bits per heavy atom. The SMILES string of the molecule is CCC(C)(C)C(=O)OC1(C)CC2CCC1C2(C)C. The van der Waals surface area contributed by atoms with Crippen molar-refractivity contribution in [2.24, 2.45) is 22.7 Å². The van der Waals surface area contributed by atoms with Crippen molar-refractivity contribution in [2.75, 3.05) is 0 Å². The lowest BCUT2D eigenvalue weighted by atomic mass is 9.78. The van der Waals surface area contributed by atoms with Crippen LogP contribution in [0.4, 0.5) is 0 Å². The molecule has 2 nitrogen and oxygen atoms in total. The van der Waals surface area contributed by atoms with Gasteiger partial charge in [-0.05, 0) is 57.8 Å². The molecule has 0 saturated heterocycles. The second-order valence-corrected chi connectivity index (χ2v) is 7.79. The minimum absolute atomic E-state index is 0.0177. The van der Waals surface area contributed by atoms with Gasteiger partial charge in [-0.15, -0.1) is 0 Å². The quantitative estimate of drug-likeness (QED) is 0.704. The van der Waals surface area contributed by atoms with Crippen molar-refractivity contribution in [3.8, 4) is 0 Å². The highest BCUT2D eigenvalue weighted by atomic mass is 16.6. The number of carbonyl (C=O) groups is 1. The Kier molecular flexibility index (Phi) is 3.07. The van der Waals surface area contributed by atoms with E-state index in [2.05, 4.69) is 20.8 Å². The molecule has 2 heteroatoms. The van der Waals surface area contributed by atoms with Crippen molar-refractivity contribution in [1.29, 1.82) is 0 Å². The number of hydrogen-bond donors (Lipinski definition) is 0. The van der Waals surface area contributed by atoms with Crippen molar-refractivity contribution in [3.05, 3.63) is 0 Å². The van der Waals surface area contributed by atoms with Crippen LogP contribution in [-0.2, 0) is 9.53 Å². The van der Waals surface area contributed by atoms with Gasteiger partial charge in [0.1, 0.15) is 5.60 Å². The van der Waals surface area contributed by atoms with E-state index in [-0.39, 0.29) is 17.0 Å². The minimum atomic E-state index is -0.352. The fourth-order valence-electron chi connectivity index (χ4n) is 4.09. The topological polar surface area (TPSA) is 26.3 Å². The molecular formula is C16H28O2. The van der Waals surface area contributed by atoms with Gasteiger partial charge in [0.05, 0.1) is 5.41 Å². The molecule has 0 radical (unpaired) electrons. The summed E-state index contributed by atoms with van der Waals surface area (Å²) < 4.78 is 5.99. The van der Waals surface area contributed by atoms with Crippen LogP contribution in [0.1, 0.15) is 67.2 Å². The fourth-order valence-corrected chi connectivity index (χ4v) is 4.09. The lowest BCUT2D eigenvalue weighted by Gasteiger charge is -2.38. The molecule has 0 heterocycles. The number of hydrogen-bond acceptors (Lipinski definition) is 2. The summed E-state index contributed by atoms with van der Waals surface area (Å²) in [5.74, 6) is 1.24. The third-order valence-electron chi connectivity index (χ3n) is 5.91. The molecule has 2 aliphatic rings. The highest BCUT2D eigenvalue weighted by Gasteiger charge is 2.61. The van der Waals surface area contributed by atoms with Crippen LogP contribution >= 0.6 is 0 Å². The van der Waals surface area contributed by atoms with Gasteiger partial charge < -0.3 is 4.74 Å². The third kappa shape index (κ3) is 1.88. The standard InChI is InChI=1S/C16H28O2/c1-7-14(2,3)13(17)18-16(6)10-11-8-9-12(16)15(11,4)5/h11-12H,7-10H2,1-6H3. The van der Waals surface area contributed by atoms with Gasteiger partial charge in [0.2, 0.25) is 0 Å². The van der Waals surface area contributed by atoms with Gasteiger partial charge in [-0.2, -0.15) is 0 Å². The molecule has 0 N–H and O–H groups in total. The number of carbonyl (C=O) groups excluding carboxylic acids is 1. The summed E-state index contributed by atoms with van der Waals surface area (Å²) in [5, 5.41) is 0. The van der Waals surface area contributed by atoms with Crippen LogP contribution in [0.2, 0.25) is 0 Å². The Labute approximate surface area is 111 Å². The van der Waals surface area contributed by atoms with E-state index in [4.69, 9.17) is 4.74 Å². The molecule has 2 bridgehead atoms. The molecule has 0 aromatic heterocycles. The largest absolute Gasteiger partial charge is 0.459 e. The average molecular weight is 252 g/mol. The molecule has 2 saturated carbocycles. The maximum Gasteiger partial charge on any atom is 0.312 e. The van der Waals surface area contributed by atoms with Crippen molar-refractivity contribution in [1.82, 2.24) is 0 Å². The molecular weight excluding hydrogens is 224 g/mol. The van der Waals surface area contributed by atoms with Crippen molar-refractivity contribution < 1.29 is 9.53 Å². The summed E-state index contributed by atoms with van der Waals surface area (Å²) in [6.07, 6.45) is 4.41. The minimum Gasteiger partial charge on any atom is -0.459 e. The van der Waals surface area contributed by atoms with Crippen LogP contribution in [0, 0.1) is 22.7 Å². The van der Waals surface area contributed by atoms with Gasteiger partial charge >= 0.3 is 5.97 Å². The molecule has 104 valence electrons. The smallest absolute Gasteiger partial charge is 0.312 e. The second-order valence-electron chi connectivity index (χ2n) is 7.79. The average Bonchev–Trinajstić information content (AvgIpc) is 2.64. The summed E-state index contributed by atoms with van der Waals surface area (Å²) in [6.45, 7) is 12.9. The van der Waals surface area contributed by atoms with Crippen LogP contribution in [0.3, 0.4) is 0 Å². The van der Waals surface area contributed by atoms with Gasteiger partial charge in [-0.3, -0.25) is 4.79 Å². The first-order valence-electron chi connectivity index (χ1n) is 7.37. The monoisotopic (exact) mass is 252 g/mol. The second kappa shape index (κ2) is 3.98. The van der Waals surface area contributed by atoms with E-state index in [0.717, 1.165) is 18.8 Å². The predicted octanol–water partition coefficient (Wildman–Crippen LogP) is 4.18.